The zero-order valence-electron chi connectivity index (χ0n) is 25.0. The smallest absolute Gasteiger partial charge is 0.438 e. The minimum Gasteiger partial charge on any atom is -0.438 e. The Bertz CT molecular complexity index is 979. The number of rotatable bonds is 3. The van der Waals surface area contributed by atoms with Crippen LogP contribution >= 0.6 is 0 Å². The molecule has 1 saturated heterocycles. The number of methoxy groups -OCH3 is 1. The molecule has 4 unspecified atom stereocenters. The maximum absolute atomic E-state index is 12.3. The molecule has 5 saturated carbocycles. The molecule has 216 valence electrons. The molecule has 0 bridgehead atoms. The molecule has 2 spiro atoms. The van der Waals surface area contributed by atoms with E-state index in [1.54, 1.807) is 0 Å². The number of fused-ring (bicyclic) bond motifs is 4. The predicted octanol–water partition coefficient (Wildman–Crippen LogP) is 5.97. The van der Waals surface area contributed by atoms with Crippen molar-refractivity contribution in [2.45, 2.75) is 130 Å². The van der Waals surface area contributed by atoms with Crippen molar-refractivity contribution < 1.29 is 29.2 Å². The van der Waals surface area contributed by atoms with Gasteiger partial charge in [-0.2, -0.15) is 0 Å². The summed E-state index contributed by atoms with van der Waals surface area (Å²) in [6, 6.07) is 0. The van der Waals surface area contributed by atoms with E-state index in [0.29, 0.717) is 34.5 Å². The van der Waals surface area contributed by atoms with Crippen LogP contribution in [-0.4, -0.2) is 54.0 Å². The third-order valence-corrected chi connectivity index (χ3v) is 14.2. The lowest BCUT2D eigenvalue weighted by molar-refractivity contribution is -0.185. The molecule has 6 nitrogen and oxygen atoms in total. The van der Waals surface area contributed by atoms with Gasteiger partial charge in [0.1, 0.15) is 6.10 Å². The molecule has 6 heteroatoms. The molecule has 5 aliphatic carbocycles. The molecule has 38 heavy (non-hydrogen) atoms. The van der Waals surface area contributed by atoms with Crippen LogP contribution in [0.4, 0.5) is 4.79 Å². The van der Waals surface area contributed by atoms with Crippen molar-refractivity contribution in [3.8, 4) is 0 Å². The first-order chi connectivity index (χ1) is 17.7. The fraction of sp³-hybridized carbons (Fsp3) is 0.969. The van der Waals surface area contributed by atoms with Crippen LogP contribution in [0.2, 0.25) is 0 Å². The van der Waals surface area contributed by atoms with Crippen LogP contribution in [0, 0.1) is 56.7 Å². The van der Waals surface area contributed by atoms with E-state index in [9.17, 15) is 15.0 Å². The van der Waals surface area contributed by atoms with E-state index in [0.717, 1.165) is 38.5 Å². The molecule has 0 aromatic rings. The zero-order chi connectivity index (χ0) is 27.6. The zero-order valence-corrected chi connectivity index (χ0v) is 25.0. The molecule has 2 N–H and O–H groups in total. The highest BCUT2D eigenvalue weighted by Gasteiger charge is 2.84. The molecule has 0 radical (unpaired) electrons. The van der Waals surface area contributed by atoms with Crippen LogP contribution in [0.25, 0.3) is 0 Å². The normalized spacial score (nSPS) is 55.0. The molecule has 0 amide bonds. The lowest BCUT2D eigenvalue weighted by Gasteiger charge is -2.63. The Morgan fingerprint density at radius 3 is 2.29 bits per heavy atom. The van der Waals surface area contributed by atoms with Gasteiger partial charge in [0.05, 0.1) is 31.5 Å². The van der Waals surface area contributed by atoms with Gasteiger partial charge in [0.15, 0.2) is 0 Å². The molecular formula is C32H52O6. The molecule has 13 atom stereocenters. The van der Waals surface area contributed by atoms with Gasteiger partial charge < -0.3 is 24.4 Å². The standard InChI is InChI=1S/C32H52O6/c1-17(2)24(38-27(35)36-8)19-15-18(3)23-25(37-19)26(34)30(7)21-10-9-20-28(4,5)22(33)11-12-31(20)16-32(21,31)14-13-29(23,30)6/h17-26,33-34H,9-16H2,1-8H3/t18-,19?,20+,21?,22+,23+,24-,25?,26+,29-,30-,31-,32?/m1/s1. The molecular weight excluding hydrogens is 480 g/mol. The summed E-state index contributed by atoms with van der Waals surface area (Å²) in [4.78, 5) is 12.1. The number of ether oxygens (including phenoxy) is 3. The summed E-state index contributed by atoms with van der Waals surface area (Å²) in [7, 11) is 1.34. The molecule has 6 fully saturated rings. The van der Waals surface area contributed by atoms with Crippen molar-refractivity contribution in [2.24, 2.45) is 56.7 Å². The van der Waals surface area contributed by atoms with Crippen molar-refractivity contribution in [1.82, 2.24) is 0 Å². The van der Waals surface area contributed by atoms with E-state index in [-0.39, 0.29) is 40.5 Å². The van der Waals surface area contributed by atoms with Crippen LogP contribution in [0.1, 0.15) is 99.8 Å². The van der Waals surface area contributed by atoms with Crippen molar-refractivity contribution in [1.29, 1.82) is 0 Å². The van der Waals surface area contributed by atoms with Crippen molar-refractivity contribution in [3.05, 3.63) is 0 Å². The van der Waals surface area contributed by atoms with E-state index in [1.807, 2.05) is 0 Å². The van der Waals surface area contributed by atoms with Gasteiger partial charge >= 0.3 is 6.16 Å². The van der Waals surface area contributed by atoms with E-state index < -0.39 is 18.4 Å². The van der Waals surface area contributed by atoms with Crippen LogP contribution in [0.3, 0.4) is 0 Å². The van der Waals surface area contributed by atoms with Gasteiger partial charge in [-0.3, -0.25) is 0 Å². The number of aliphatic hydroxyl groups excluding tert-OH is 2. The second-order valence-electron chi connectivity index (χ2n) is 15.9. The van der Waals surface area contributed by atoms with Gasteiger partial charge in [0.25, 0.3) is 0 Å². The van der Waals surface area contributed by atoms with E-state index >= 15 is 0 Å². The Balaban J connectivity index is 1.33. The molecule has 0 aromatic carbocycles. The highest BCUT2D eigenvalue weighted by Crippen LogP contribution is 2.89. The number of hydrogen-bond donors (Lipinski definition) is 2. The van der Waals surface area contributed by atoms with Crippen LogP contribution in [-0.2, 0) is 14.2 Å². The first-order valence-corrected chi connectivity index (χ1v) is 15.5. The van der Waals surface area contributed by atoms with Gasteiger partial charge in [-0.15, -0.1) is 0 Å². The molecule has 1 aliphatic heterocycles. The predicted molar refractivity (Wildman–Crippen MR) is 144 cm³/mol. The Kier molecular flexibility index (Phi) is 6.00. The van der Waals surface area contributed by atoms with Crippen LogP contribution in [0.15, 0.2) is 0 Å². The number of carbonyl (C=O) groups excluding carboxylic acids is 1. The third kappa shape index (κ3) is 3.09. The Labute approximate surface area is 229 Å². The summed E-state index contributed by atoms with van der Waals surface area (Å²) in [5.74, 6) is 1.80. The number of hydrogen-bond acceptors (Lipinski definition) is 6. The minimum absolute atomic E-state index is 0.00817. The summed E-state index contributed by atoms with van der Waals surface area (Å²) in [5.41, 5.74) is 0.395. The SMILES string of the molecule is COC(=O)O[C@H](C(C)C)C1C[C@@H](C)[C@H]2C(O1)[C@H](O)[C@@]1(C)C3CC[C@H]4C(C)(C)[C@@H](O)CC[C@@]45CC35CC[C@]21C. The van der Waals surface area contributed by atoms with Gasteiger partial charge in [0, 0.05) is 5.41 Å². The van der Waals surface area contributed by atoms with E-state index in [1.165, 1.54) is 20.0 Å². The highest BCUT2D eigenvalue weighted by molar-refractivity contribution is 5.59. The first-order valence-electron chi connectivity index (χ1n) is 15.5. The summed E-state index contributed by atoms with van der Waals surface area (Å²) in [5, 5.41) is 23.3. The summed E-state index contributed by atoms with van der Waals surface area (Å²) in [6.07, 6.45) is 6.56. The molecule has 0 aromatic heterocycles. The fourth-order valence-electron chi connectivity index (χ4n) is 12.3. The maximum Gasteiger partial charge on any atom is 0.508 e. The van der Waals surface area contributed by atoms with Crippen molar-refractivity contribution >= 4 is 6.16 Å². The van der Waals surface area contributed by atoms with Crippen molar-refractivity contribution in [3.63, 3.8) is 0 Å². The van der Waals surface area contributed by atoms with Gasteiger partial charge in [-0.05, 0) is 103 Å². The minimum atomic E-state index is -0.667. The van der Waals surface area contributed by atoms with Gasteiger partial charge in [-0.1, -0.05) is 48.5 Å². The van der Waals surface area contributed by atoms with Gasteiger partial charge in [0.2, 0.25) is 0 Å². The topological polar surface area (TPSA) is 85.2 Å². The average molecular weight is 533 g/mol. The third-order valence-electron chi connectivity index (χ3n) is 14.2. The lowest BCUT2D eigenvalue weighted by atomic mass is 9.41. The van der Waals surface area contributed by atoms with E-state index in [2.05, 4.69) is 48.5 Å². The summed E-state index contributed by atoms with van der Waals surface area (Å²) < 4.78 is 17.4. The Morgan fingerprint density at radius 2 is 1.63 bits per heavy atom. The van der Waals surface area contributed by atoms with Gasteiger partial charge in [-0.25, -0.2) is 4.79 Å². The summed E-state index contributed by atoms with van der Waals surface area (Å²) >= 11 is 0. The van der Waals surface area contributed by atoms with Crippen LogP contribution < -0.4 is 0 Å². The Morgan fingerprint density at radius 1 is 0.974 bits per heavy atom. The highest BCUT2D eigenvalue weighted by atomic mass is 16.7. The average Bonchev–Trinajstić information content (AvgIpc) is 3.49. The second-order valence-corrected chi connectivity index (χ2v) is 15.9. The number of aliphatic hydroxyl groups is 2. The largest absolute Gasteiger partial charge is 0.508 e. The van der Waals surface area contributed by atoms with E-state index in [4.69, 9.17) is 14.2 Å². The molecule has 6 aliphatic rings. The maximum atomic E-state index is 12.3. The monoisotopic (exact) mass is 532 g/mol. The molecule has 1 heterocycles. The Hall–Kier alpha value is -0.850. The summed E-state index contributed by atoms with van der Waals surface area (Å²) in [6.45, 7) is 15.9. The fourth-order valence-corrected chi connectivity index (χ4v) is 12.3. The quantitative estimate of drug-likeness (QED) is 0.436. The van der Waals surface area contributed by atoms with Crippen LogP contribution in [0.5, 0.6) is 0 Å². The van der Waals surface area contributed by atoms with Crippen molar-refractivity contribution in [2.75, 3.05) is 7.11 Å². The first kappa shape index (κ1) is 27.3. The molecule has 6 rings (SSSR count). The second kappa shape index (κ2) is 8.35. The number of carbonyl (C=O) groups is 1. The lowest BCUT2D eigenvalue weighted by Crippen LogP contribution is -2.59.